The van der Waals surface area contributed by atoms with Gasteiger partial charge in [0.1, 0.15) is 6.54 Å². The maximum absolute atomic E-state index is 12.5. The molecule has 1 aromatic carbocycles. The molecule has 3 rings (SSSR count). The summed E-state index contributed by atoms with van der Waals surface area (Å²) in [5.41, 5.74) is 2.97. The van der Waals surface area contributed by atoms with Crippen molar-refractivity contribution in [3.05, 3.63) is 59.9 Å². The van der Waals surface area contributed by atoms with E-state index in [-0.39, 0.29) is 24.9 Å². The van der Waals surface area contributed by atoms with E-state index in [4.69, 9.17) is 0 Å². The summed E-state index contributed by atoms with van der Waals surface area (Å²) in [6.45, 7) is 4.10. The number of hydrogen-bond donors (Lipinski definition) is 0. The number of carbonyl (C=O) groups is 2. The summed E-state index contributed by atoms with van der Waals surface area (Å²) >= 11 is 0. The Morgan fingerprint density at radius 3 is 2.58 bits per heavy atom. The number of hydrogen-bond acceptors (Lipinski definition) is 4. The lowest BCUT2D eigenvalue weighted by atomic mass is 10.2. The number of aryl methyl sites for hydroxylation is 1. The fraction of sp³-hybridized carbons (Fsp3) is 0.350. The quantitative estimate of drug-likeness (QED) is 0.822. The molecule has 6 nitrogen and oxygen atoms in total. The summed E-state index contributed by atoms with van der Waals surface area (Å²) in [4.78, 5) is 34.6. The van der Waals surface area contributed by atoms with Crippen LogP contribution in [-0.2, 0) is 16.1 Å². The number of rotatable bonds is 5. The van der Waals surface area contributed by atoms with Crippen molar-refractivity contribution >= 4 is 17.5 Å². The van der Waals surface area contributed by atoms with Gasteiger partial charge < -0.3 is 9.80 Å². The van der Waals surface area contributed by atoms with Crippen LogP contribution < -0.4 is 4.90 Å². The number of likely N-dealkylation sites (N-methyl/N-ethyl adjacent to an activating group) is 1. The molecule has 2 aromatic rings. The smallest absolute Gasteiger partial charge is 0.246 e. The van der Waals surface area contributed by atoms with Gasteiger partial charge >= 0.3 is 0 Å². The lowest BCUT2D eigenvalue weighted by Gasteiger charge is -2.35. The van der Waals surface area contributed by atoms with Gasteiger partial charge in [-0.2, -0.15) is 0 Å². The first-order chi connectivity index (χ1) is 12.5. The number of nitrogens with zero attached hydrogens (tertiary/aromatic N) is 4. The van der Waals surface area contributed by atoms with E-state index in [2.05, 4.69) is 4.98 Å². The fourth-order valence-corrected chi connectivity index (χ4v) is 3.04. The van der Waals surface area contributed by atoms with Gasteiger partial charge in [-0.25, -0.2) is 0 Å². The Bertz CT molecular complexity index is 761. The molecule has 0 bridgehead atoms. The molecule has 0 N–H and O–H groups in total. The van der Waals surface area contributed by atoms with Gasteiger partial charge in [0.25, 0.3) is 0 Å². The highest BCUT2D eigenvalue weighted by Crippen LogP contribution is 2.18. The van der Waals surface area contributed by atoms with Crippen molar-refractivity contribution < 1.29 is 9.59 Å². The molecule has 2 heterocycles. The average molecular weight is 352 g/mol. The Morgan fingerprint density at radius 1 is 1.15 bits per heavy atom. The van der Waals surface area contributed by atoms with Crippen LogP contribution in [0.1, 0.15) is 11.3 Å². The van der Waals surface area contributed by atoms with Gasteiger partial charge in [-0.3, -0.25) is 19.5 Å². The third kappa shape index (κ3) is 4.46. The largest absolute Gasteiger partial charge is 0.330 e. The van der Waals surface area contributed by atoms with Crippen LogP contribution in [0.25, 0.3) is 0 Å². The first-order valence-electron chi connectivity index (χ1n) is 8.76. The molecule has 0 saturated carbocycles. The Hall–Kier alpha value is -2.73. The number of aromatic nitrogens is 1. The highest BCUT2D eigenvalue weighted by Gasteiger charge is 2.28. The summed E-state index contributed by atoms with van der Waals surface area (Å²) in [6.07, 6.45) is 1.74. The van der Waals surface area contributed by atoms with Gasteiger partial charge in [0, 0.05) is 31.5 Å². The normalized spacial score (nSPS) is 14.8. The number of amides is 2. The first-order valence-corrected chi connectivity index (χ1v) is 8.76. The molecule has 26 heavy (non-hydrogen) atoms. The maximum Gasteiger partial charge on any atom is 0.246 e. The SMILES string of the molecule is Cc1ccc(N2CCN(C(=O)CN(C)Cc3ccccn3)CC2=O)cc1. The highest BCUT2D eigenvalue weighted by atomic mass is 16.2. The molecule has 0 spiro atoms. The first kappa shape index (κ1) is 18.1. The van der Waals surface area contributed by atoms with Crippen molar-refractivity contribution in [1.29, 1.82) is 0 Å². The van der Waals surface area contributed by atoms with Gasteiger partial charge in [0.05, 0.1) is 12.2 Å². The summed E-state index contributed by atoms with van der Waals surface area (Å²) < 4.78 is 0. The molecule has 1 aliphatic rings. The number of benzene rings is 1. The fourth-order valence-electron chi connectivity index (χ4n) is 3.04. The Balaban J connectivity index is 1.54. The van der Waals surface area contributed by atoms with Crippen molar-refractivity contribution in [2.75, 3.05) is 38.1 Å². The third-order valence-electron chi connectivity index (χ3n) is 4.48. The van der Waals surface area contributed by atoms with E-state index in [9.17, 15) is 9.59 Å². The second-order valence-corrected chi connectivity index (χ2v) is 6.69. The Kier molecular flexibility index (Phi) is 5.63. The molecule has 1 fully saturated rings. The van der Waals surface area contributed by atoms with Gasteiger partial charge in [0.15, 0.2) is 0 Å². The monoisotopic (exact) mass is 352 g/mol. The molecule has 6 heteroatoms. The minimum atomic E-state index is -0.0409. The molecule has 2 amide bonds. The van der Waals surface area contributed by atoms with Crippen LogP contribution in [0, 0.1) is 6.92 Å². The van der Waals surface area contributed by atoms with Gasteiger partial charge in [0.2, 0.25) is 11.8 Å². The Morgan fingerprint density at radius 2 is 1.92 bits per heavy atom. The molecule has 1 aromatic heterocycles. The zero-order valence-corrected chi connectivity index (χ0v) is 15.3. The lowest BCUT2D eigenvalue weighted by molar-refractivity contribution is -0.137. The molecule has 0 unspecified atom stereocenters. The Labute approximate surface area is 154 Å². The van der Waals surface area contributed by atoms with Crippen LogP contribution in [0.15, 0.2) is 48.7 Å². The van der Waals surface area contributed by atoms with Crippen molar-refractivity contribution in [2.45, 2.75) is 13.5 Å². The van der Waals surface area contributed by atoms with Crippen LogP contribution in [0.4, 0.5) is 5.69 Å². The molecular formula is C20H24N4O2. The van der Waals surface area contributed by atoms with E-state index in [1.165, 1.54) is 0 Å². The zero-order valence-electron chi connectivity index (χ0n) is 15.3. The number of anilines is 1. The summed E-state index contributed by atoms with van der Waals surface area (Å²) in [5, 5.41) is 0. The standard InChI is InChI=1S/C20H24N4O2/c1-16-6-8-18(9-7-16)24-12-11-23(15-20(24)26)19(25)14-22(2)13-17-5-3-4-10-21-17/h3-10H,11-15H2,1-2H3. The molecular weight excluding hydrogens is 328 g/mol. The molecule has 136 valence electrons. The molecule has 0 aliphatic carbocycles. The van der Waals surface area contributed by atoms with E-state index >= 15 is 0 Å². The second kappa shape index (κ2) is 8.10. The third-order valence-corrected chi connectivity index (χ3v) is 4.48. The van der Waals surface area contributed by atoms with Crippen LogP contribution in [0.3, 0.4) is 0 Å². The summed E-state index contributed by atoms with van der Waals surface area (Å²) in [7, 11) is 1.89. The van der Waals surface area contributed by atoms with E-state index in [0.717, 1.165) is 16.9 Å². The summed E-state index contributed by atoms with van der Waals surface area (Å²) in [5.74, 6) is -0.0684. The minimum Gasteiger partial charge on any atom is -0.330 e. The van der Waals surface area contributed by atoms with Crippen molar-refractivity contribution in [3.8, 4) is 0 Å². The topological polar surface area (TPSA) is 56.8 Å². The van der Waals surface area contributed by atoms with Crippen LogP contribution in [0.5, 0.6) is 0 Å². The zero-order chi connectivity index (χ0) is 18.5. The number of pyridine rings is 1. The van der Waals surface area contributed by atoms with E-state index in [1.807, 2.05) is 61.3 Å². The molecule has 0 atom stereocenters. The van der Waals surface area contributed by atoms with Crippen LogP contribution >= 0.6 is 0 Å². The van der Waals surface area contributed by atoms with Gasteiger partial charge in [-0.1, -0.05) is 23.8 Å². The van der Waals surface area contributed by atoms with Crippen LogP contribution in [0.2, 0.25) is 0 Å². The highest BCUT2D eigenvalue weighted by molar-refractivity contribution is 5.98. The maximum atomic E-state index is 12.5. The van der Waals surface area contributed by atoms with E-state index < -0.39 is 0 Å². The minimum absolute atomic E-state index is 0.0275. The number of piperazine rings is 1. The predicted molar refractivity (Wildman–Crippen MR) is 101 cm³/mol. The lowest BCUT2D eigenvalue weighted by Crippen LogP contribution is -2.54. The van der Waals surface area contributed by atoms with Crippen molar-refractivity contribution in [2.24, 2.45) is 0 Å². The predicted octanol–water partition coefficient (Wildman–Crippen LogP) is 1.70. The second-order valence-electron chi connectivity index (χ2n) is 6.69. The molecule has 1 saturated heterocycles. The van der Waals surface area contributed by atoms with E-state index in [0.29, 0.717) is 19.6 Å². The molecule has 0 radical (unpaired) electrons. The van der Waals surface area contributed by atoms with Gasteiger partial charge in [-0.05, 0) is 38.2 Å². The molecule has 1 aliphatic heterocycles. The number of carbonyl (C=O) groups excluding carboxylic acids is 2. The van der Waals surface area contributed by atoms with Crippen LogP contribution in [-0.4, -0.2) is 59.8 Å². The average Bonchev–Trinajstić information content (AvgIpc) is 2.63. The van der Waals surface area contributed by atoms with Crippen molar-refractivity contribution in [1.82, 2.24) is 14.8 Å². The van der Waals surface area contributed by atoms with Crippen molar-refractivity contribution in [3.63, 3.8) is 0 Å². The summed E-state index contributed by atoms with van der Waals surface area (Å²) in [6, 6.07) is 13.6. The van der Waals surface area contributed by atoms with Gasteiger partial charge in [-0.15, -0.1) is 0 Å². The van der Waals surface area contributed by atoms with E-state index in [1.54, 1.807) is 16.0 Å².